The molecule has 3 saturated heterocycles. The van der Waals surface area contributed by atoms with Crippen LogP contribution in [-0.2, 0) is 0 Å². The van der Waals surface area contributed by atoms with Gasteiger partial charge in [0.15, 0.2) is 12.4 Å². The van der Waals surface area contributed by atoms with Crippen LogP contribution in [0.15, 0.2) is 48.5 Å². The summed E-state index contributed by atoms with van der Waals surface area (Å²) >= 11 is 6.80. The lowest BCUT2D eigenvalue weighted by atomic mass is 9.96. The second-order valence-corrected chi connectivity index (χ2v) is 11.9. The Morgan fingerprint density at radius 3 is 2.49 bits per heavy atom. The summed E-state index contributed by atoms with van der Waals surface area (Å²) in [7, 11) is 0. The average molecular weight is 582 g/mol. The number of aromatic nitrogens is 2. The maximum absolute atomic E-state index is 16.6. The van der Waals surface area contributed by atoms with Gasteiger partial charge in [0.2, 0.25) is 0 Å². The van der Waals surface area contributed by atoms with E-state index in [1.807, 2.05) is 42.5 Å². The van der Waals surface area contributed by atoms with E-state index in [1.54, 1.807) is 11.0 Å². The van der Waals surface area contributed by atoms with Crippen molar-refractivity contribution in [2.24, 2.45) is 0 Å². The predicted molar refractivity (Wildman–Crippen MR) is 156 cm³/mol. The van der Waals surface area contributed by atoms with Gasteiger partial charge in [-0.15, -0.1) is 0 Å². The first-order valence-electron chi connectivity index (χ1n) is 14.3. The van der Waals surface area contributed by atoms with Crippen molar-refractivity contribution in [3.8, 4) is 17.1 Å². The highest BCUT2D eigenvalue weighted by Gasteiger charge is 2.36. The van der Waals surface area contributed by atoms with Crippen LogP contribution in [0.2, 0.25) is 5.02 Å². The Morgan fingerprint density at radius 2 is 1.71 bits per heavy atom. The molecule has 3 aromatic carbocycles. The SMILES string of the molecule is Fc1c(-c2cccc3ccccc23)c(Cl)cc2c(N3C[C@H]4CC[C@@H](C3)N4)nc(OCC(F)(F)CN3CCCC3)nc12. The van der Waals surface area contributed by atoms with Crippen molar-refractivity contribution >= 4 is 39.1 Å². The molecule has 0 spiro atoms. The van der Waals surface area contributed by atoms with Crippen LogP contribution in [0.3, 0.4) is 0 Å². The lowest BCUT2D eigenvalue weighted by molar-refractivity contribution is -0.0634. The van der Waals surface area contributed by atoms with Gasteiger partial charge in [-0.3, -0.25) is 4.90 Å². The zero-order valence-electron chi connectivity index (χ0n) is 22.6. The highest BCUT2D eigenvalue weighted by Crippen LogP contribution is 2.41. The normalized spacial score (nSPS) is 21.3. The van der Waals surface area contributed by atoms with Crippen LogP contribution in [-0.4, -0.2) is 72.2 Å². The number of likely N-dealkylation sites (tertiary alicyclic amines) is 1. The standard InChI is InChI=1S/C31H31ClF3N5O/c32-25-14-24-28(27(33)26(25)23-9-5-7-19-6-1-2-8-22(19)23)37-30(41-18-31(34,35)17-39-12-3-4-13-39)38-29(24)40-15-20-10-11-21(16-40)36-20/h1-2,5-9,14,20-21,36H,3-4,10-13,15-18H2/t20-,21+. The van der Waals surface area contributed by atoms with Gasteiger partial charge in [-0.2, -0.15) is 9.97 Å². The molecule has 0 aliphatic carbocycles. The van der Waals surface area contributed by atoms with Crippen molar-refractivity contribution in [3.05, 3.63) is 59.4 Å². The van der Waals surface area contributed by atoms with E-state index >= 15 is 4.39 Å². The molecule has 41 heavy (non-hydrogen) atoms. The topological polar surface area (TPSA) is 53.5 Å². The molecule has 0 radical (unpaired) electrons. The van der Waals surface area contributed by atoms with Crippen molar-refractivity contribution < 1.29 is 17.9 Å². The number of halogens is 4. The van der Waals surface area contributed by atoms with E-state index < -0.39 is 18.3 Å². The predicted octanol–water partition coefficient (Wildman–Crippen LogP) is 6.29. The first kappa shape index (κ1) is 26.7. The Balaban J connectivity index is 1.32. The van der Waals surface area contributed by atoms with Crippen LogP contribution in [0.5, 0.6) is 6.01 Å². The lowest BCUT2D eigenvalue weighted by Crippen LogP contribution is -2.51. The summed E-state index contributed by atoms with van der Waals surface area (Å²) in [5.41, 5.74) is 0.852. The molecule has 2 atom stereocenters. The number of benzene rings is 3. The fourth-order valence-corrected chi connectivity index (χ4v) is 6.90. The molecular formula is C31H31ClF3N5O. The number of fused-ring (bicyclic) bond motifs is 4. The number of rotatable bonds is 7. The van der Waals surface area contributed by atoms with E-state index in [1.165, 1.54) is 0 Å². The van der Waals surface area contributed by atoms with E-state index in [9.17, 15) is 8.78 Å². The van der Waals surface area contributed by atoms with Crippen molar-refractivity contribution in [1.29, 1.82) is 0 Å². The summed E-state index contributed by atoms with van der Waals surface area (Å²) in [5.74, 6) is -3.26. The van der Waals surface area contributed by atoms with Gasteiger partial charge in [0.25, 0.3) is 5.92 Å². The molecule has 4 heterocycles. The summed E-state index contributed by atoms with van der Waals surface area (Å²) in [6, 6.07) is 15.3. The Hall–Kier alpha value is -3.14. The van der Waals surface area contributed by atoms with Crippen LogP contribution in [0.4, 0.5) is 19.0 Å². The van der Waals surface area contributed by atoms with Crippen molar-refractivity contribution in [2.75, 3.05) is 44.2 Å². The van der Waals surface area contributed by atoms with E-state index in [0.29, 0.717) is 42.9 Å². The average Bonchev–Trinajstić information content (AvgIpc) is 3.60. The molecule has 214 valence electrons. The van der Waals surface area contributed by atoms with Gasteiger partial charge in [0.1, 0.15) is 11.3 Å². The molecule has 1 N–H and O–H groups in total. The first-order valence-corrected chi connectivity index (χ1v) is 14.6. The fraction of sp³-hybridized carbons (Fsp3) is 0.419. The van der Waals surface area contributed by atoms with E-state index in [-0.39, 0.29) is 40.7 Å². The molecule has 6 nitrogen and oxygen atoms in total. The molecule has 3 aliphatic rings. The molecule has 7 rings (SSSR count). The molecule has 3 fully saturated rings. The summed E-state index contributed by atoms with van der Waals surface area (Å²) in [6.45, 7) is 1.37. The van der Waals surface area contributed by atoms with Crippen LogP contribution < -0.4 is 15.0 Å². The van der Waals surface area contributed by atoms with Crippen LogP contribution >= 0.6 is 11.6 Å². The van der Waals surface area contributed by atoms with Crippen molar-refractivity contribution in [1.82, 2.24) is 20.2 Å². The van der Waals surface area contributed by atoms with Gasteiger partial charge in [-0.1, -0.05) is 54.1 Å². The number of anilines is 1. The molecule has 3 aliphatic heterocycles. The van der Waals surface area contributed by atoms with Gasteiger partial charge >= 0.3 is 6.01 Å². The van der Waals surface area contributed by atoms with Gasteiger partial charge in [-0.25, -0.2) is 13.2 Å². The number of alkyl halides is 2. The monoisotopic (exact) mass is 581 g/mol. The number of nitrogens with zero attached hydrogens (tertiary/aromatic N) is 4. The summed E-state index contributed by atoms with van der Waals surface area (Å²) in [6.07, 6.45) is 3.91. The molecule has 1 aromatic heterocycles. The number of hydrogen-bond donors (Lipinski definition) is 1. The van der Waals surface area contributed by atoms with Crippen LogP contribution in [0.25, 0.3) is 32.8 Å². The van der Waals surface area contributed by atoms with Crippen LogP contribution in [0.1, 0.15) is 25.7 Å². The molecule has 2 bridgehead atoms. The summed E-state index contributed by atoms with van der Waals surface area (Å²) in [5, 5.41) is 6.05. The zero-order chi connectivity index (χ0) is 28.1. The van der Waals surface area contributed by atoms with E-state index in [0.717, 1.165) is 36.5 Å². The van der Waals surface area contributed by atoms with Gasteiger partial charge in [0, 0.05) is 36.1 Å². The van der Waals surface area contributed by atoms with E-state index in [2.05, 4.69) is 20.2 Å². The van der Waals surface area contributed by atoms with Crippen LogP contribution in [0, 0.1) is 5.82 Å². The maximum atomic E-state index is 16.6. The van der Waals surface area contributed by atoms with E-state index in [4.69, 9.17) is 16.3 Å². The highest BCUT2D eigenvalue weighted by atomic mass is 35.5. The second kappa shape index (κ2) is 10.6. The minimum atomic E-state index is -3.09. The quantitative estimate of drug-likeness (QED) is 0.277. The Morgan fingerprint density at radius 1 is 0.976 bits per heavy atom. The largest absolute Gasteiger partial charge is 0.457 e. The maximum Gasteiger partial charge on any atom is 0.319 e. The Labute approximate surface area is 241 Å². The van der Waals surface area contributed by atoms with Gasteiger partial charge in [0.05, 0.1) is 11.6 Å². The summed E-state index contributed by atoms with van der Waals surface area (Å²) in [4.78, 5) is 12.8. The minimum Gasteiger partial charge on any atom is -0.457 e. The Kier molecular flexibility index (Phi) is 6.92. The number of piperazine rings is 1. The third kappa shape index (κ3) is 5.19. The smallest absolute Gasteiger partial charge is 0.319 e. The second-order valence-electron chi connectivity index (χ2n) is 11.5. The Bertz CT molecular complexity index is 1600. The molecule has 0 saturated carbocycles. The highest BCUT2D eigenvalue weighted by molar-refractivity contribution is 6.35. The minimum absolute atomic E-state index is 0.00562. The van der Waals surface area contributed by atoms with Gasteiger partial charge < -0.3 is 15.0 Å². The number of hydrogen-bond acceptors (Lipinski definition) is 6. The fourth-order valence-electron chi connectivity index (χ4n) is 6.61. The van der Waals surface area contributed by atoms with Crippen molar-refractivity contribution in [2.45, 2.75) is 43.7 Å². The molecule has 0 amide bonds. The van der Waals surface area contributed by atoms with Crippen molar-refractivity contribution in [3.63, 3.8) is 0 Å². The molecule has 10 heteroatoms. The third-order valence-corrected chi connectivity index (χ3v) is 8.78. The molecule has 0 unspecified atom stereocenters. The third-order valence-electron chi connectivity index (χ3n) is 8.48. The lowest BCUT2D eigenvalue weighted by Gasteiger charge is -2.34. The molecular weight excluding hydrogens is 551 g/mol. The number of ether oxygens (including phenoxy) is 1. The number of nitrogens with one attached hydrogen (secondary N) is 1. The zero-order valence-corrected chi connectivity index (χ0v) is 23.3. The summed E-state index contributed by atoms with van der Waals surface area (Å²) < 4.78 is 51.9. The molecule has 4 aromatic rings. The first-order chi connectivity index (χ1) is 19.8. The van der Waals surface area contributed by atoms with Gasteiger partial charge in [-0.05, 0) is 61.2 Å².